The summed E-state index contributed by atoms with van der Waals surface area (Å²) in [7, 11) is 0. The molecule has 2 heteroatoms. The quantitative estimate of drug-likeness (QED) is 0.803. The Bertz CT molecular complexity index is 605. The van der Waals surface area contributed by atoms with E-state index < -0.39 is 0 Å². The van der Waals surface area contributed by atoms with Crippen LogP contribution >= 0.6 is 0 Å². The third-order valence-electron chi connectivity index (χ3n) is 4.96. The third-order valence-corrected chi connectivity index (χ3v) is 4.96. The molecule has 0 aromatic heterocycles. The fourth-order valence-electron chi connectivity index (χ4n) is 3.79. The summed E-state index contributed by atoms with van der Waals surface area (Å²) in [6.45, 7) is 0.960. The maximum absolute atomic E-state index is 5.94. The van der Waals surface area contributed by atoms with E-state index in [9.17, 15) is 0 Å². The van der Waals surface area contributed by atoms with E-state index in [1.54, 1.807) is 0 Å². The molecule has 2 nitrogen and oxygen atoms in total. The number of ether oxygens (including phenoxy) is 2. The third kappa shape index (κ3) is 2.89. The van der Waals surface area contributed by atoms with Crippen molar-refractivity contribution in [3.8, 4) is 11.5 Å². The van der Waals surface area contributed by atoms with E-state index in [4.69, 9.17) is 9.47 Å². The van der Waals surface area contributed by atoms with Gasteiger partial charge in [0.15, 0.2) is 0 Å². The van der Waals surface area contributed by atoms with Crippen LogP contribution in [0.15, 0.2) is 54.6 Å². The zero-order valence-electron chi connectivity index (χ0n) is 12.8. The molecule has 3 atom stereocenters. The minimum atomic E-state index is 0.522. The molecule has 1 aliphatic heterocycles. The largest absolute Gasteiger partial charge is 0.457 e. The highest BCUT2D eigenvalue weighted by molar-refractivity contribution is 5.33. The molecule has 0 radical (unpaired) electrons. The summed E-state index contributed by atoms with van der Waals surface area (Å²) >= 11 is 0. The van der Waals surface area contributed by atoms with Gasteiger partial charge < -0.3 is 9.47 Å². The van der Waals surface area contributed by atoms with Gasteiger partial charge in [-0.2, -0.15) is 0 Å². The van der Waals surface area contributed by atoms with Gasteiger partial charge in [-0.3, -0.25) is 0 Å². The normalized spacial score (nSPS) is 26.8. The Morgan fingerprint density at radius 1 is 0.955 bits per heavy atom. The van der Waals surface area contributed by atoms with Crippen LogP contribution in [-0.4, -0.2) is 12.7 Å². The van der Waals surface area contributed by atoms with Crippen molar-refractivity contribution in [1.82, 2.24) is 0 Å². The number of para-hydroxylation sites is 1. The van der Waals surface area contributed by atoms with Crippen molar-refractivity contribution in [2.75, 3.05) is 6.61 Å². The second-order valence-corrected chi connectivity index (χ2v) is 6.50. The molecule has 0 amide bonds. The lowest BCUT2D eigenvalue weighted by atomic mass is 9.66. The van der Waals surface area contributed by atoms with Crippen LogP contribution in [0.1, 0.15) is 24.8 Å². The van der Waals surface area contributed by atoms with Crippen LogP contribution in [0, 0.1) is 11.8 Å². The molecular weight excluding hydrogens is 272 g/mol. The molecule has 2 aliphatic rings. The zero-order chi connectivity index (χ0) is 14.8. The summed E-state index contributed by atoms with van der Waals surface area (Å²) in [5, 5.41) is 0. The SMILES string of the molecule is c1ccc(Oc2ccc(C[C@@H]3C[C@H]4CCCO[C@H]43)cc2)cc1. The summed E-state index contributed by atoms with van der Waals surface area (Å²) in [6, 6.07) is 18.4. The van der Waals surface area contributed by atoms with E-state index in [1.165, 1.54) is 24.8 Å². The molecule has 0 N–H and O–H groups in total. The van der Waals surface area contributed by atoms with Crippen LogP contribution in [0.5, 0.6) is 11.5 Å². The predicted octanol–water partition coefficient (Wildman–Crippen LogP) is 4.84. The Morgan fingerprint density at radius 2 is 1.73 bits per heavy atom. The van der Waals surface area contributed by atoms with Gasteiger partial charge in [0.25, 0.3) is 0 Å². The molecular formula is C20H22O2. The van der Waals surface area contributed by atoms with Crippen molar-refractivity contribution < 1.29 is 9.47 Å². The van der Waals surface area contributed by atoms with Gasteiger partial charge in [-0.05, 0) is 67.3 Å². The highest BCUT2D eigenvalue weighted by Crippen LogP contribution is 2.44. The molecule has 0 unspecified atom stereocenters. The van der Waals surface area contributed by atoms with E-state index in [0.29, 0.717) is 12.0 Å². The lowest BCUT2D eigenvalue weighted by Gasteiger charge is -2.47. The molecule has 1 saturated carbocycles. The highest BCUT2D eigenvalue weighted by atomic mass is 16.5. The van der Waals surface area contributed by atoms with Crippen molar-refractivity contribution in [3.05, 3.63) is 60.2 Å². The number of fused-ring (bicyclic) bond motifs is 1. The van der Waals surface area contributed by atoms with Crippen LogP contribution in [-0.2, 0) is 11.2 Å². The van der Waals surface area contributed by atoms with Gasteiger partial charge in [0.1, 0.15) is 11.5 Å². The first-order valence-electron chi connectivity index (χ1n) is 8.32. The first-order valence-corrected chi connectivity index (χ1v) is 8.32. The molecule has 2 aromatic rings. The smallest absolute Gasteiger partial charge is 0.127 e. The van der Waals surface area contributed by atoms with Gasteiger partial charge in [0.05, 0.1) is 6.10 Å². The molecule has 22 heavy (non-hydrogen) atoms. The molecule has 1 heterocycles. The van der Waals surface area contributed by atoms with Gasteiger partial charge in [-0.15, -0.1) is 0 Å². The predicted molar refractivity (Wildman–Crippen MR) is 87.2 cm³/mol. The standard InChI is InChI=1S/C20H22O2/c1-2-6-18(7-3-1)22-19-10-8-15(9-11-19)13-17-14-16-5-4-12-21-20(16)17/h1-3,6-11,16-17,20H,4-5,12-14H2/t16-,17-,20-/m1/s1. The maximum atomic E-state index is 5.94. The Balaban J connectivity index is 1.36. The van der Waals surface area contributed by atoms with Crippen LogP contribution < -0.4 is 4.74 Å². The summed E-state index contributed by atoms with van der Waals surface area (Å²) in [5.74, 6) is 3.33. The minimum absolute atomic E-state index is 0.522. The van der Waals surface area contributed by atoms with Gasteiger partial charge in [0, 0.05) is 6.61 Å². The van der Waals surface area contributed by atoms with Gasteiger partial charge >= 0.3 is 0 Å². The first-order chi connectivity index (χ1) is 10.9. The second-order valence-electron chi connectivity index (χ2n) is 6.50. The Kier molecular flexibility index (Phi) is 3.86. The molecule has 2 aromatic carbocycles. The zero-order valence-corrected chi connectivity index (χ0v) is 12.8. The average Bonchev–Trinajstić information content (AvgIpc) is 2.55. The Morgan fingerprint density at radius 3 is 2.50 bits per heavy atom. The van der Waals surface area contributed by atoms with E-state index in [-0.39, 0.29) is 0 Å². The van der Waals surface area contributed by atoms with E-state index in [2.05, 4.69) is 24.3 Å². The van der Waals surface area contributed by atoms with Gasteiger partial charge in [-0.25, -0.2) is 0 Å². The van der Waals surface area contributed by atoms with Crippen LogP contribution in [0.2, 0.25) is 0 Å². The minimum Gasteiger partial charge on any atom is -0.457 e. The van der Waals surface area contributed by atoms with Crippen LogP contribution in [0.4, 0.5) is 0 Å². The lowest BCUT2D eigenvalue weighted by molar-refractivity contribution is -0.126. The number of hydrogen-bond donors (Lipinski definition) is 0. The van der Waals surface area contributed by atoms with E-state index in [0.717, 1.165) is 30.4 Å². The summed E-state index contributed by atoms with van der Waals surface area (Å²) < 4.78 is 11.8. The first kappa shape index (κ1) is 13.8. The van der Waals surface area contributed by atoms with Crippen molar-refractivity contribution in [1.29, 1.82) is 0 Å². The van der Waals surface area contributed by atoms with Crippen LogP contribution in [0.3, 0.4) is 0 Å². The Labute approximate surface area is 132 Å². The fourth-order valence-corrected chi connectivity index (χ4v) is 3.79. The molecule has 2 fully saturated rings. The monoisotopic (exact) mass is 294 g/mol. The maximum Gasteiger partial charge on any atom is 0.127 e. The lowest BCUT2D eigenvalue weighted by Crippen LogP contribution is -2.47. The van der Waals surface area contributed by atoms with Crippen molar-refractivity contribution >= 4 is 0 Å². The van der Waals surface area contributed by atoms with Crippen molar-refractivity contribution in [2.24, 2.45) is 11.8 Å². The Hall–Kier alpha value is -1.80. The molecule has 1 saturated heterocycles. The van der Waals surface area contributed by atoms with E-state index in [1.807, 2.05) is 30.3 Å². The second kappa shape index (κ2) is 6.13. The summed E-state index contributed by atoms with van der Waals surface area (Å²) in [5.41, 5.74) is 1.39. The van der Waals surface area contributed by atoms with Crippen molar-refractivity contribution in [2.45, 2.75) is 31.8 Å². The molecule has 0 spiro atoms. The molecule has 114 valence electrons. The van der Waals surface area contributed by atoms with Crippen molar-refractivity contribution in [3.63, 3.8) is 0 Å². The average molecular weight is 294 g/mol. The molecule has 1 aliphatic carbocycles. The van der Waals surface area contributed by atoms with Crippen LogP contribution in [0.25, 0.3) is 0 Å². The summed E-state index contributed by atoms with van der Waals surface area (Å²) in [6.07, 6.45) is 5.61. The fraction of sp³-hybridized carbons (Fsp3) is 0.400. The van der Waals surface area contributed by atoms with E-state index >= 15 is 0 Å². The number of rotatable bonds is 4. The molecule has 0 bridgehead atoms. The van der Waals surface area contributed by atoms with Gasteiger partial charge in [0.2, 0.25) is 0 Å². The number of hydrogen-bond acceptors (Lipinski definition) is 2. The van der Waals surface area contributed by atoms with Gasteiger partial charge in [-0.1, -0.05) is 30.3 Å². The highest BCUT2D eigenvalue weighted by Gasteiger charge is 2.42. The number of benzene rings is 2. The topological polar surface area (TPSA) is 18.5 Å². The molecule has 4 rings (SSSR count). The summed E-state index contributed by atoms with van der Waals surface area (Å²) in [4.78, 5) is 0.